The van der Waals surface area contributed by atoms with E-state index in [1.807, 2.05) is 18.0 Å². The lowest BCUT2D eigenvalue weighted by Gasteiger charge is -2.22. The van der Waals surface area contributed by atoms with E-state index in [2.05, 4.69) is 20.4 Å². The predicted octanol–water partition coefficient (Wildman–Crippen LogP) is 2.39. The van der Waals surface area contributed by atoms with Crippen molar-refractivity contribution in [3.8, 4) is 0 Å². The van der Waals surface area contributed by atoms with Crippen molar-refractivity contribution < 1.29 is 8.91 Å². The molecule has 1 heterocycles. The summed E-state index contributed by atoms with van der Waals surface area (Å²) in [5, 5.41) is 6.96. The van der Waals surface area contributed by atoms with Gasteiger partial charge in [-0.25, -0.2) is 4.39 Å². The summed E-state index contributed by atoms with van der Waals surface area (Å²) in [4.78, 5) is 10.3. The number of guanidine groups is 1. The average Bonchev–Trinajstić information content (AvgIpc) is 2.89. The molecule has 126 valence electrons. The van der Waals surface area contributed by atoms with Crippen LogP contribution in [0.1, 0.15) is 17.3 Å². The molecule has 1 aromatic carbocycles. The molecule has 0 saturated carbocycles. The molecule has 0 radical (unpaired) electrons. The molecule has 0 spiro atoms. The molecular weight excluding hydrogens is 412 g/mol. The summed E-state index contributed by atoms with van der Waals surface area (Å²) in [5.74, 6) is 1.71. The molecule has 0 unspecified atom stereocenters. The number of halogens is 2. The number of nitrogens with zero attached hydrogens (tertiary/aromatic N) is 4. The van der Waals surface area contributed by atoms with Crippen molar-refractivity contribution in [2.24, 2.45) is 4.99 Å². The molecule has 0 aliphatic heterocycles. The molecule has 0 amide bonds. The number of rotatable bonds is 5. The fourth-order valence-electron chi connectivity index (χ4n) is 2.09. The van der Waals surface area contributed by atoms with Crippen LogP contribution in [0, 0.1) is 12.7 Å². The quantitative estimate of drug-likeness (QED) is 0.446. The predicted molar refractivity (Wildman–Crippen MR) is 97.4 cm³/mol. The molecule has 0 atom stereocenters. The molecular formula is C15H21FIN5O. The first-order valence-corrected chi connectivity index (χ1v) is 7.04. The molecule has 0 bridgehead atoms. The molecule has 1 aromatic heterocycles. The third kappa shape index (κ3) is 6.12. The molecule has 1 N–H and O–H groups in total. The van der Waals surface area contributed by atoms with Crippen molar-refractivity contribution >= 4 is 29.9 Å². The number of hydrogen-bond acceptors (Lipinski definition) is 4. The van der Waals surface area contributed by atoms with Gasteiger partial charge in [-0.3, -0.25) is 4.99 Å². The van der Waals surface area contributed by atoms with Gasteiger partial charge in [0.25, 0.3) is 0 Å². The second-order valence-electron chi connectivity index (χ2n) is 4.95. The smallest absolute Gasteiger partial charge is 0.228 e. The highest BCUT2D eigenvalue weighted by Crippen LogP contribution is 2.06. The van der Waals surface area contributed by atoms with Crippen molar-refractivity contribution in [3.63, 3.8) is 0 Å². The van der Waals surface area contributed by atoms with Crippen molar-refractivity contribution in [1.29, 1.82) is 0 Å². The van der Waals surface area contributed by atoms with Crippen LogP contribution in [0.25, 0.3) is 0 Å². The van der Waals surface area contributed by atoms with Crippen LogP contribution >= 0.6 is 24.0 Å². The summed E-state index contributed by atoms with van der Waals surface area (Å²) >= 11 is 0. The molecule has 2 aromatic rings. The highest BCUT2D eigenvalue weighted by molar-refractivity contribution is 14.0. The van der Waals surface area contributed by atoms with Crippen LogP contribution < -0.4 is 5.32 Å². The maximum absolute atomic E-state index is 13.2. The minimum absolute atomic E-state index is 0. The summed E-state index contributed by atoms with van der Waals surface area (Å²) in [6.07, 6.45) is 0.619. The Morgan fingerprint density at radius 2 is 2.22 bits per heavy atom. The molecule has 23 heavy (non-hydrogen) atoms. The number of aromatic nitrogens is 2. The van der Waals surface area contributed by atoms with Crippen molar-refractivity contribution in [2.75, 3.05) is 20.6 Å². The van der Waals surface area contributed by atoms with Gasteiger partial charge in [0.05, 0.1) is 0 Å². The topological polar surface area (TPSA) is 66.5 Å². The van der Waals surface area contributed by atoms with Crippen molar-refractivity contribution in [2.45, 2.75) is 19.9 Å². The van der Waals surface area contributed by atoms with Gasteiger partial charge in [-0.15, -0.1) is 24.0 Å². The molecule has 6 nitrogen and oxygen atoms in total. The summed E-state index contributed by atoms with van der Waals surface area (Å²) < 4.78 is 18.3. The Morgan fingerprint density at radius 1 is 1.43 bits per heavy atom. The number of aliphatic imine (C=N–C) groups is 1. The number of benzene rings is 1. The molecule has 0 fully saturated rings. The van der Waals surface area contributed by atoms with Crippen LogP contribution in [0.5, 0.6) is 0 Å². The normalized spacial score (nSPS) is 11.0. The fraction of sp³-hybridized carbons (Fsp3) is 0.400. The van der Waals surface area contributed by atoms with Crippen LogP contribution in [-0.2, 0) is 13.0 Å². The van der Waals surface area contributed by atoms with Gasteiger partial charge >= 0.3 is 0 Å². The second kappa shape index (κ2) is 9.43. The maximum atomic E-state index is 13.2. The Labute approximate surface area is 152 Å². The first-order chi connectivity index (χ1) is 10.6. The zero-order valence-corrected chi connectivity index (χ0v) is 15.7. The molecule has 0 saturated heterocycles. The molecule has 0 aliphatic carbocycles. The van der Waals surface area contributed by atoms with E-state index in [4.69, 9.17) is 4.52 Å². The maximum Gasteiger partial charge on any atom is 0.228 e. The van der Waals surface area contributed by atoms with E-state index in [0.29, 0.717) is 31.2 Å². The first kappa shape index (κ1) is 19.3. The zero-order chi connectivity index (χ0) is 15.9. The summed E-state index contributed by atoms with van der Waals surface area (Å²) in [5.41, 5.74) is 0.887. The van der Waals surface area contributed by atoms with E-state index in [0.717, 1.165) is 11.5 Å². The monoisotopic (exact) mass is 433 g/mol. The Morgan fingerprint density at radius 3 is 2.83 bits per heavy atom. The van der Waals surface area contributed by atoms with E-state index in [1.165, 1.54) is 12.1 Å². The number of nitrogens with one attached hydrogen (secondary N) is 1. The first-order valence-electron chi connectivity index (χ1n) is 7.04. The van der Waals surface area contributed by atoms with Crippen LogP contribution in [-0.4, -0.2) is 41.6 Å². The summed E-state index contributed by atoms with van der Waals surface area (Å²) in [6, 6.07) is 6.54. The van der Waals surface area contributed by atoms with Crippen molar-refractivity contribution in [3.05, 3.63) is 47.4 Å². The average molecular weight is 433 g/mol. The Balaban J connectivity index is 0.00000264. The van der Waals surface area contributed by atoms with E-state index < -0.39 is 0 Å². The van der Waals surface area contributed by atoms with Gasteiger partial charge in [-0.05, 0) is 24.6 Å². The Bertz CT molecular complexity index is 646. The largest absolute Gasteiger partial charge is 0.356 e. The van der Waals surface area contributed by atoms with E-state index >= 15 is 0 Å². The lowest BCUT2D eigenvalue weighted by Crippen LogP contribution is -2.39. The van der Waals surface area contributed by atoms with Gasteiger partial charge in [-0.1, -0.05) is 17.3 Å². The minimum Gasteiger partial charge on any atom is -0.356 e. The third-order valence-corrected chi connectivity index (χ3v) is 3.07. The highest BCUT2D eigenvalue weighted by Gasteiger charge is 2.08. The molecule has 8 heteroatoms. The van der Waals surface area contributed by atoms with Gasteiger partial charge in [0, 0.05) is 33.6 Å². The minimum atomic E-state index is -0.236. The van der Waals surface area contributed by atoms with Gasteiger partial charge in [-0.2, -0.15) is 4.98 Å². The van der Waals surface area contributed by atoms with Gasteiger partial charge in [0.2, 0.25) is 5.89 Å². The molecule has 0 aliphatic rings. The van der Waals surface area contributed by atoms with Crippen LogP contribution in [0.15, 0.2) is 33.8 Å². The lowest BCUT2D eigenvalue weighted by atomic mass is 10.2. The number of hydrogen-bond donors (Lipinski definition) is 1. The third-order valence-electron chi connectivity index (χ3n) is 3.07. The zero-order valence-electron chi connectivity index (χ0n) is 13.4. The van der Waals surface area contributed by atoms with E-state index in [1.54, 1.807) is 20.0 Å². The lowest BCUT2D eigenvalue weighted by molar-refractivity contribution is 0.373. The standard InChI is InChI=1S/C15H20FN5O.HI/c1-11-19-14(22-20-11)7-8-18-15(17-2)21(3)10-12-5-4-6-13(16)9-12;/h4-6,9H,7-8,10H2,1-3H3,(H,17,18);1H. The summed E-state index contributed by atoms with van der Waals surface area (Å²) in [6.45, 7) is 2.98. The van der Waals surface area contributed by atoms with Crippen LogP contribution in [0.2, 0.25) is 0 Å². The SMILES string of the molecule is CN=C(NCCc1nc(C)no1)N(C)Cc1cccc(F)c1.I. The highest BCUT2D eigenvalue weighted by atomic mass is 127. The molecule has 2 rings (SSSR count). The Hall–Kier alpha value is -1.71. The fourth-order valence-corrected chi connectivity index (χ4v) is 2.09. The Kier molecular flexibility index (Phi) is 7.93. The van der Waals surface area contributed by atoms with E-state index in [-0.39, 0.29) is 29.8 Å². The van der Waals surface area contributed by atoms with Gasteiger partial charge in [0.1, 0.15) is 5.82 Å². The summed E-state index contributed by atoms with van der Waals surface area (Å²) in [7, 11) is 3.61. The van der Waals surface area contributed by atoms with Gasteiger partial charge < -0.3 is 14.7 Å². The number of aryl methyl sites for hydroxylation is 1. The van der Waals surface area contributed by atoms with Crippen LogP contribution in [0.4, 0.5) is 4.39 Å². The van der Waals surface area contributed by atoms with Crippen molar-refractivity contribution in [1.82, 2.24) is 20.4 Å². The van der Waals surface area contributed by atoms with Gasteiger partial charge in [0.15, 0.2) is 11.8 Å². The van der Waals surface area contributed by atoms with Crippen LogP contribution in [0.3, 0.4) is 0 Å². The second-order valence-corrected chi connectivity index (χ2v) is 4.95. The van der Waals surface area contributed by atoms with E-state index in [9.17, 15) is 4.39 Å².